The fourth-order valence-electron chi connectivity index (χ4n) is 4.62. The Bertz CT molecular complexity index is 1670. The van der Waals surface area contributed by atoms with Gasteiger partial charge in [-0.2, -0.15) is 0 Å². The van der Waals surface area contributed by atoms with Gasteiger partial charge < -0.3 is 15.0 Å². The number of piperazine rings is 1. The minimum Gasteiger partial charge on any atom is -0.476 e. The number of thiazole rings is 1. The predicted molar refractivity (Wildman–Crippen MR) is 166 cm³/mol. The Morgan fingerprint density at radius 2 is 1.85 bits per heavy atom. The summed E-state index contributed by atoms with van der Waals surface area (Å²) in [5.41, 5.74) is 3.58. The van der Waals surface area contributed by atoms with Crippen molar-refractivity contribution in [2.24, 2.45) is 0 Å². The normalized spacial score (nSPS) is 13.2. The maximum absolute atomic E-state index is 14.4. The first-order valence-electron chi connectivity index (χ1n) is 13.2. The van der Waals surface area contributed by atoms with Gasteiger partial charge in [-0.25, -0.2) is 9.97 Å². The Balaban J connectivity index is 1.80. The molecule has 8 nitrogen and oxygen atoms in total. The second kappa shape index (κ2) is 12.6. The molecule has 1 amide bonds. The van der Waals surface area contributed by atoms with Crippen molar-refractivity contribution in [1.82, 2.24) is 24.8 Å². The smallest absolute Gasteiger partial charge is 0.266 e. The van der Waals surface area contributed by atoms with Crippen molar-refractivity contribution >= 4 is 46.5 Å². The number of carbonyl (C=O) groups is 1. The monoisotopic (exact) mass is 609 g/mol. The van der Waals surface area contributed by atoms with E-state index in [2.05, 4.69) is 10.3 Å². The summed E-state index contributed by atoms with van der Waals surface area (Å²) in [7, 11) is 0. The summed E-state index contributed by atoms with van der Waals surface area (Å²) >= 11 is 13.8. The first-order valence-corrected chi connectivity index (χ1v) is 14.9. The van der Waals surface area contributed by atoms with Crippen LogP contribution in [0.1, 0.15) is 36.8 Å². The van der Waals surface area contributed by atoms with Crippen LogP contribution >= 0.6 is 34.5 Å². The fourth-order valence-corrected chi connectivity index (χ4v) is 5.74. The van der Waals surface area contributed by atoms with E-state index in [0.29, 0.717) is 76.0 Å². The second-order valence-electron chi connectivity index (χ2n) is 9.72. The third-order valence-corrected chi connectivity index (χ3v) is 7.83. The zero-order valence-corrected chi connectivity index (χ0v) is 25.2. The third kappa shape index (κ3) is 6.23. The van der Waals surface area contributed by atoms with Gasteiger partial charge in [0.25, 0.3) is 11.5 Å². The number of hydrogen-bond donors (Lipinski definition) is 1. The van der Waals surface area contributed by atoms with Crippen LogP contribution in [-0.2, 0) is 0 Å². The van der Waals surface area contributed by atoms with Crippen molar-refractivity contribution in [3.63, 3.8) is 0 Å². The predicted octanol–water partition coefficient (Wildman–Crippen LogP) is 6.20. The van der Waals surface area contributed by atoms with Gasteiger partial charge in [-0.15, -0.1) is 11.3 Å². The average Bonchev–Trinajstić information content (AvgIpc) is 3.45. The highest BCUT2D eigenvalue weighted by Crippen LogP contribution is 2.32. The molecule has 0 unspecified atom stereocenters. The van der Waals surface area contributed by atoms with Crippen molar-refractivity contribution in [3.05, 3.63) is 85.2 Å². The van der Waals surface area contributed by atoms with Crippen LogP contribution in [0.5, 0.6) is 5.88 Å². The van der Waals surface area contributed by atoms with E-state index >= 15 is 0 Å². The highest BCUT2D eigenvalue weighted by atomic mass is 35.5. The highest BCUT2D eigenvalue weighted by molar-refractivity contribution is 7.13. The first-order chi connectivity index (χ1) is 19.8. The number of allylic oxidation sites excluding steroid dienone is 1. The van der Waals surface area contributed by atoms with Crippen LogP contribution in [0.3, 0.4) is 0 Å². The molecule has 1 aromatic carbocycles. The Hall–Kier alpha value is -3.50. The van der Waals surface area contributed by atoms with Gasteiger partial charge in [-0.3, -0.25) is 14.2 Å². The molecule has 4 aromatic rings. The van der Waals surface area contributed by atoms with Gasteiger partial charge in [-0.05, 0) is 51.1 Å². The number of amides is 1. The van der Waals surface area contributed by atoms with Crippen LogP contribution in [0.4, 0.5) is 0 Å². The number of aromatic nitrogens is 3. The van der Waals surface area contributed by atoms with E-state index in [1.165, 1.54) is 22.1 Å². The molecule has 0 spiro atoms. The van der Waals surface area contributed by atoms with E-state index in [1.807, 2.05) is 44.4 Å². The van der Waals surface area contributed by atoms with Crippen LogP contribution in [0.25, 0.3) is 33.6 Å². The standard InChI is InChI=1S/C30H29Cl2N5O3S/c1-4-40-27-26(14-21(32)16-34-27)37-25(13-18(2)3)22(29(38)36-11-9-33-10-12-36)15-23(30(37)39)28-35-24(17-41-28)19-5-7-20(31)8-6-19/h5-8,13-17,33H,4,9-12H2,1-3H3. The molecule has 1 saturated heterocycles. The molecule has 1 aliphatic rings. The maximum Gasteiger partial charge on any atom is 0.266 e. The van der Waals surface area contributed by atoms with E-state index in [1.54, 1.807) is 29.2 Å². The molecule has 4 heterocycles. The number of benzene rings is 1. The fraction of sp³-hybridized carbons (Fsp3) is 0.267. The first kappa shape index (κ1) is 29.0. The molecule has 1 fully saturated rings. The van der Waals surface area contributed by atoms with Crippen LogP contribution in [0, 0.1) is 0 Å². The Morgan fingerprint density at radius 1 is 1.12 bits per heavy atom. The molecule has 0 bridgehead atoms. The van der Waals surface area contributed by atoms with Crippen LogP contribution in [-0.4, -0.2) is 58.1 Å². The van der Waals surface area contributed by atoms with Gasteiger partial charge in [0, 0.05) is 48.3 Å². The number of halogens is 2. The minimum absolute atomic E-state index is 0.170. The molecule has 0 saturated carbocycles. The SMILES string of the molecule is CCOc1ncc(Cl)cc1-n1c(C=C(C)C)c(C(=O)N2CCNCC2)cc(-c2nc(-c3ccc(Cl)cc3)cs2)c1=O. The molecule has 212 valence electrons. The largest absolute Gasteiger partial charge is 0.476 e. The summed E-state index contributed by atoms with van der Waals surface area (Å²) < 4.78 is 7.29. The number of carbonyl (C=O) groups excluding carboxylic acids is 1. The number of ether oxygens (including phenoxy) is 1. The van der Waals surface area contributed by atoms with Crippen molar-refractivity contribution in [3.8, 4) is 33.4 Å². The van der Waals surface area contributed by atoms with Gasteiger partial charge in [0.15, 0.2) is 0 Å². The quantitative estimate of drug-likeness (QED) is 0.268. The number of rotatable bonds is 7. The number of nitrogens with zero attached hydrogens (tertiary/aromatic N) is 4. The van der Waals surface area contributed by atoms with Gasteiger partial charge in [0.05, 0.1) is 34.1 Å². The van der Waals surface area contributed by atoms with E-state index < -0.39 is 0 Å². The molecule has 41 heavy (non-hydrogen) atoms. The van der Waals surface area contributed by atoms with E-state index in [9.17, 15) is 9.59 Å². The Kier molecular flexibility index (Phi) is 8.89. The average molecular weight is 611 g/mol. The lowest BCUT2D eigenvalue weighted by molar-refractivity contribution is 0.0735. The van der Waals surface area contributed by atoms with Gasteiger partial charge in [0.2, 0.25) is 5.88 Å². The van der Waals surface area contributed by atoms with E-state index in [4.69, 9.17) is 32.9 Å². The minimum atomic E-state index is -0.364. The summed E-state index contributed by atoms with van der Waals surface area (Å²) in [4.78, 5) is 39.4. The molecule has 0 atom stereocenters. The zero-order chi connectivity index (χ0) is 29.1. The summed E-state index contributed by atoms with van der Waals surface area (Å²) in [5.74, 6) is 0.0672. The summed E-state index contributed by atoms with van der Waals surface area (Å²) in [6.07, 6.45) is 3.30. The Morgan fingerprint density at radius 3 is 2.54 bits per heavy atom. The van der Waals surface area contributed by atoms with Crippen molar-refractivity contribution < 1.29 is 9.53 Å². The van der Waals surface area contributed by atoms with Crippen molar-refractivity contribution in [2.75, 3.05) is 32.8 Å². The molecule has 5 rings (SSSR count). The number of pyridine rings is 2. The highest BCUT2D eigenvalue weighted by Gasteiger charge is 2.27. The summed E-state index contributed by atoms with van der Waals surface area (Å²) in [5, 5.41) is 6.61. The van der Waals surface area contributed by atoms with Crippen LogP contribution in [0.15, 0.2) is 58.3 Å². The maximum atomic E-state index is 14.4. The Labute approximate surface area is 252 Å². The molecule has 1 N–H and O–H groups in total. The van der Waals surface area contributed by atoms with Crippen LogP contribution in [0.2, 0.25) is 10.0 Å². The molecule has 1 aliphatic heterocycles. The van der Waals surface area contributed by atoms with E-state index in [-0.39, 0.29) is 17.3 Å². The van der Waals surface area contributed by atoms with Crippen molar-refractivity contribution in [1.29, 1.82) is 0 Å². The molecular weight excluding hydrogens is 581 g/mol. The molecular formula is C30H29Cl2N5O3S. The molecule has 3 aromatic heterocycles. The van der Waals surface area contributed by atoms with Gasteiger partial charge in [-0.1, -0.05) is 40.9 Å². The molecule has 0 radical (unpaired) electrons. The third-order valence-electron chi connectivity index (χ3n) is 6.49. The zero-order valence-electron chi connectivity index (χ0n) is 22.9. The summed E-state index contributed by atoms with van der Waals surface area (Å²) in [6.45, 7) is 8.51. The molecule has 11 heteroatoms. The number of hydrogen-bond acceptors (Lipinski definition) is 7. The van der Waals surface area contributed by atoms with Crippen molar-refractivity contribution in [2.45, 2.75) is 20.8 Å². The lowest BCUT2D eigenvalue weighted by Gasteiger charge is -2.29. The lowest BCUT2D eigenvalue weighted by Crippen LogP contribution is -2.47. The van der Waals surface area contributed by atoms with E-state index in [0.717, 1.165) is 11.1 Å². The second-order valence-corrected chi connectivity index (χ2v) is 11.4. The van der Waals surface area contributed by atoms with Gasteiger partial charge in [0.1, 0.15) is 10.7 Å². The van der Waals surface area contributed by atoms with Crippen LogP contribution < -0.4 is 15.6 Å². The topological polar surface area (TPSA) is 89.3 Å². The summed E-state index contributed by atoms with van der Waals surface area (Å²) in [6, 6.07) is 10.6. The molecule has 0 aliphatic carbocycles. The lowest BCUT2D eigenvalue weighted by atomic mass is 10.0. The van der Waals surface area contributed by atoms with Gasteiger partial charge >= 0.3 is 0 Å². The number of nitrogens with one attached hydrogen (secondary N) is 1.